The van der Waals surface area contributed by atoms with Gasteiger partial charge in [0.25, 0.3) is 11.1 Å². The van der Waals surface area contributed by atoms with Gasteiger partial charge in [-0.3, -0.25) is 19.0 Å². The average molecular weight is 399 g/mol. The summed E-state index contributed by atoms with van der Waals surface area (Å²) in [6.45, 7) is 4.24. The van der Waals surface area contributed by atoms with E-state index in [1.165, 1.54) is 39.0 Å². The highest BCUT2D eigenvalue weighted by Gasteiger charge is 2.08. The molecular formula is C19H21N5O3S. The minimum Gasteiger partial charge on any atom is -0.353 e. The Balaban J connectivity index is 1.58. The molecule has 0 saturated heterocycles. The number of carbonyl (C=O) groups excluding carboxylic acids is 1. The maximum absolute atomic E-state index is 12.1. The molecule has 1 amide bonds. The van der Waals surface area contributed by atoms with Crippen LogP contribution in [-0.2, 0) is 17.9 Å². The summed E-state index contributed by atoms with van der Waals surface area (Å²) in [4.78, 5) is 41.3. The molecule has 3 aromatic rings. The van der Waals surface area contributed by atoms with Gasteiger partial charge in [0.2, 0.25) is 5.91 Å². The van der Waals surface area contributed by atoms with Gasteiger partial charge in [-0.15, -0.1) is 11.3 Å². The number of rotatable bonds is 7. The molecular weight excluding hydrogens is 378 g/mol. The molecule has 0 atom stereocenters. The smallest absolute Gasteiger partial charge is 0.266 e. The Bertz CT molecular complexity index is 1070. The minimum absolute atomic E-state index is 0.123. The van der Waals surface area contributed by atoms with Crippen LogP contribution in [0.2, 0.25) is 0 Å². The minimum atomic E-state index is -0.330. The standard InChI is InChI=1S/C19H21N5O3S/c1-13(2)15-10-19(27)23(12-21-15)11-17(25)20-7-8-24-18(26)6-5-14(22-24)16-4-3-9-28-16/h3-6,9-10,12-13H,7-8,11H2,1-2H3,(H,20,25). The number of amides is 1. The van der Waals surface area contributed by atoms with Crippen LogP contribution in [0.5, 0.6) is 0 Å². The molecule has 0 fully saturated rings. The number of aromatic nitrogens is 4. The van der Waals surface area contributed by atoms with Gasteiger partial charge in [-0.05, 0) is 23.4 Å². The summed E-state index contributed by atoms with van der Waals surface area (Å²) in [7, 11) is 0. The second kappa shape index (κ2) is 8.75. The van der Waals surface area contributed by atoms with Crippen LogP contribution in [0.3, 0.4) is 0 Å². The lowest BCUT2D eigenvalue weighted by atomic mass is 10.1. The van der Waals surface area contributed by atoms with E-state index in [0.717, 1.165) is 4.88 Å². The Morgan fingerprint density at radius 1 is 1.21 bits per heavy atom. The molecule has 9 heteroatoms. The topological polar surface area (TPSA) is 98.9 Å². The fourth-order valence-corrected chi connectivity index (χ4v) is 3.24. The number of hydrogen-bond donors (Lipinski definition) is 1. The van der Waals surface area contributed by atoms with E-state index >= 15 is 0 Å². The second-order valence-electron chi connectivity index (χ2n) is 6.54. The van der Waals surface area contributed by atoms with E-state index in [-0.39, 0.29) is 42.6 Å². The summed E-state index contributed by atoms with van der Waals surface area (Å²) in [5.41, 5.74) is 0.899. The second-order valence-corrected chi connectivity index (χ2v) is 7.49. The van der Waals surface area contributed by atoms with Crippen molar-refractivity contribution in [3.05, 3.63) is 68.4 Å². The first-order valence-corrected chi connectivity index (χ1v) is 9.77. The summed E-state index contributed by atoms with van der Waals surface area (Å²) in [6, 6.07) is 8.44. The first-order valence-electron chi connectivity index (χ1n) is 8.89. The van der Waals surface area contributed by atoms with Crippen molar-refractivity contribution in [3.8, 4) is 10.6 Å². The summed E-state index contributed by atoms with van der Waals surface area (Å²) in [5.74, 6) is -0.185. The number of hydrogen-bond acceptors (Lipinski definition) is 6. The lowest BCUT2D eigenvalue weighted by molar-refractivity contribution is -0.121. The molecule has 0 aliphatic carbocycles. The highest BCUT2D eigenvalue weighted by Crippen LogP contribution is 2.20. The SMILES string of the molecule is CC(C)c1cc(=O)n(CC(=O)NCCn2nc(-c3cccs3)ccc2=O)cn1. The van der Waals surface area contributed by atoms with Crippen molar-refractivity contribution >= 4 is 17.2 Å². The van der Waals surface area contributed by atoms with E-state index < -0.39 is 0 Å². The molecule has 0 radical (unpaired) electrons. The van der Waals surface area contributed by atoms with Crippen LogP contribution in [0.4, 0.5) is 0 Å². The third kappa shape index (κ3) is 4.80. The Kier molecular flexibility index (Phi) is 6.15. The van der Waals surface area contributed by atoms with Crippen LogP contribution in [0.25, 0.3) is 10.6 Å². The molecule has 0 saturated carbocycles. The van der Waals surface area contributed by atoms with Gasteiger partial charge in [-0.1, -0.05) is 19.9 Å². The largest absolute Gasteiger partial charge is 0.353 e. The molecule has 146 valence electrons. The lowest BCUT2D eigenvalue weighted by Gasteiger charge is -2.10. The molecule has 1 N–H and O–H groups in total. The van der Waals surface area contributed by atoms with Gasteiger partial charge in [0.05, 0.1) is 23.4 Å². The quantitative estimate of drug-likeness (QED) is 0.649. The van der Waals surface area contributed by atoms with E-state index in [0.29, 0.717) is 11.4 Å². The Hall–Kier alpha value is -3.07. The summed E-state index contributed by atoms with van der Waals surface area (Å²) >= 11 is 1.54. The molecule has 8 nitrogen and oxygen atoms in total. The normalized spacial score (nSPS) is 11.0. The predicted octanol–water partition coefficient (Wildman–Crippen LogP) is 1.47. The number of nitrogens with zero attached hydrogens (tertiary/aromatic N) is 4. The molecule has 28 heavy (non-hydrogen) atoms. The van der Waals surface area contributed by atoms with E-state index in [2.05, 4.69) is 15.4 Å². The van der Waals surface area contributed by atoms with E-state index in [1.54, 1.807) is 6.07 Å². The highest BCUT2D eigenvalue weighted by molar-refractivity contribution is 7.13. The van der Waals surface area contributed by atoms with Crippen LogP contribution in [0.15, 0.2) is 51.6 Å². The molecule has 3 aromatic heterocycles. The van der Waals surface area contributed by atoms with Crippen molar-refractivity contribution in [3.63, 3.8) is 0 Å². The molecule has 0 bridgehead atoms. The third-order valence-corrected chi connectivity index (χ3v) is 4.98. The van der Waals surface area contributed by atoms with Crippen molar-refractivity contribution in [1.82, 2.24) is 24.6 Å². The van der Waals surface area contributed by atoms with Gasteiger partial charge < -0.3 is 5.32 Å². The first kappa shape index (κ1) is 19.7. The number of carbonyl (C=O) groups is 1. The maximum Gasteiger partial charge on any atom is 0.266 e. The number of thiophene rings is 1. The predicted molar refractivity (Wildman–Crippen MR) is 107 cm³/mol. The molecule has 0 spiro atoms. The molecule has 0 aromatic carbocycles. The van der Waals surface area contributed by atoms with Crippen molar-refractivity contribution < 1.29 is 4.79 Å². The van der Waals surface area contributed by atoms with Crippen LogP contribution in [-0.4, -0.2) is 31.8 Å². The van der Waals surface area contributed by atoms with Crippen molar-refractivity contribution in [2.75, 3.05) is 6.54 Å². The van der Waals surface area contributed by atoms with Gasteiger partial charge >= 0.3 is 0 Å². The van der Waals surface area contributed by atoms with E-state index in [9.17, 15) is 14.4 Å². The van der Waals surface area contributed by atoms with Crippen LogP contribution in [0, 0.1) is 0 Å². The Morgan fingerprint density at radius 3 is 2.71 bits per heavy atom. The van der Waals surface area contributed by atoms with Crippen LogP contribution >= 0.6 is 11.3 Å². The Morgan fingerprint density at radius 2 is 2.04 bits per heavy atom. The Labute approximate surface area is 165 Å². The fraction of sp³-hybridized carbons (Fsp3) is 0.316. The summed E-state index contributed by atoms with van der Waals surface area (Å²) in [5, 5.41) is 8.98. The fourth-order valence-electron chi connectivity index (χ4n) is 2.55. The molecule has 0 aliphatic heterocycles. The average Bonchev–Trinajstić information content (AvgIpc) is 3.19. The third-order valence-electron chi connectivity index (χ3n) is 4.09. The monoisotopic (exact) mass is 399 g/mol. The zero-order valence-electron chi connectivity index (χ0n) is 15.7. The lowest BCUT2D eigenvalue weighted by Crippen LogP contribution is -2.36. The van der Waals surface area contributed by atoms with E-state index in [4.69, 9.17) is 0 Å². The summed E-state index contributed by atoms with van der Waals surface area (Å²) in [6.07, 6.45) is 1.38. The van der Waals surface area contributed by atoms with Gasteiger partial charge in [-0.25, -0.2) is 9.67 Å². The summed E-state index contributed by atoms with van der Waals surface area (Å²) < 4.78 is 2.57. The van der Waals surface area contributed by atoms with E-state index in [1.807, 2.05) is 31.4 Å². The highest BCUT2D eigenvalue weighted by atomic mass is 32.1. The van der Waals surface area contributed by atoms with Gasteiger partial charge in [0, 0.05) is 18.7 Å². The maximum atomic E-state index is 12.1. The molecule has 0 unspecified atom stereocenters. The number of nitrogens with one attached hydrogen (secondary N) is 1. The van der Waals surface area contributed by atoms with Gasteiger partial charge in [0.15, 0.2) is 0 Å². The van der Waals surface area contributed by atoms with Crippen molar-refractivity contribution in [2.24, 2.45) is 0 Å². The zero-order valence-corrected chi connectivity index (χ0v) is 16.5. The van der Waals surface area contributed by atoms with Gasteiger partial charge in [-0.2, -0.15) is 5.10 Å². The zero-order chi connectivity index (χ0) is 20.1. The van der Waals surface area contributed by atoms with Crippen LogP contribution in [0.1, 0.15) is 25.5 Å². The molecule has 0 aliphatic rings. The van der Waals surface area contributed by atoms with Crippen molar-refractivity contribution in [2.45, 2.75) is 32.9 Å². The van der Waals surface area contributed by atoms with Crippen molar-refractivity contribution in [1.29, 1.82) is 0 Å². The van der Waals surface area contributed by atoms with Crippen LogP contribution < -0.4 is 16.4 Å². The molecule has 3 heterocycles. The van der Waals surface area contributed by atoms with Gasteiger partial charge in [0.1, 0.15) is 12.2 Å². The molecule has 3 rings (SSSR count). The first-order chi connectivity index (χ1) is 13.4.